The Morgan fingerprint density at radius 1 is 1.33 bits per heavy atom. The predicted octanol–water partition coefficient (Wildman–Crippen LogP) is 2.15. The average Bonchev–Trinajstić information content (AvgIpc) is 2.82. The van der Waals surface area contributed by atoms with Crippen LogP contribution < -0.4 is 5.73 Å². The van der Waals surface area contributed by atoms with E-state index in [0.29, 0.717) is 5.82 Å². The van der Waals surface area contributed by atoms with E-state index < -0.39 is 0 Å². The van der Waals surface area contributed by atoms with Crippen molar-refractivity contribution >= 4 is 17.4 Å². The predicted molar refractivity (Wildman–Crippen MR) is 84.2 cm³/mol. The summed E-state index contributed by atoms with van der Waals surface area (Å²) >= 11 is 6.43. The van der Waals surface area contributed by atoms with Gasteiger partial charge in [-0.2, -0.15) is 5.10 Å². The molecule has 1 aromatic heterocycles. The highest BCUT2D eigenvalue weighted by atomic mass is 35.5. The Hall–Kier alpha value is -1.56. The van der Waals surface area contributed by atoms with Crippen molar-refractivity contribution in [3.63, 3.8) is 0 Å². The van der Waals surface area contributed by atoms with Gasteiger partial charge in [-0.15, -0.1) is 0 Å². The molecule has 1 aromatic carbocycles. The standard InChI is InChI=1S/C15H19ClN4O/c1-19-15(17)13(9-18-19)11-2-3-12(14(16)8-11)10-20-4-6-21-7-5-20/h2-3,8-9H,4-7,10,17H2,1H3. The highest BCUT2D eigenvalue weighted by Crippen LogP contribution is 2.29. The lowest BCUT2D eigenvalue weighted by atomic mass is 10.1. The zero-order valence-electron chi connectivity index (χ0n) is 12.1. The second-order valence-electron chi connectivity index (χ2n) is 5.26. The zero-order valence-corrected chi connectivity index (χ0v) is 12.8. The molecule has 5 nitrogen and oxygen atoms in total. The second kappa shape index (κ2) is 6.05. The van der Waals surface area contributed by atoms with Crippen molar-refractivity contribution in [3.05, 3.63) is 35.0 Å². The largest absolute Gasteiger partial charge is 0.383 e. The molecule has 1 fully saturated rings. The number of halogens is 1. The molecule has 0 amide bonds. The number of nitrogen functional groups attached to an aromatic ring is 1. The van der Waals surface area contributed by atoms with Gasteiger partial charge in [0.1, 0.15) is 5.82 Å². The maximum Gasteiger partial charge on any atom is 0.129 e. The molecule has 3 rings (SSSR count). The topological polar surface area (TPSA) is 56.3 Å². The van der Waals surface area contributed by atoms with Crippen LogP contribution in [0.4, 0.5) is 5.82 Å². The number of nitrogens with zero attached hydrogens (tertiary/aromatic N) is 3. The lowest BCUT2D eigenvalue weighted by Crippen LogP contribution is -2.35. The summed E-state index contributed by atoms with van der Waals surface area (Å²) in [7, 11) is 1.83. The fourth-order valence-electron chi connectivity index (χ4n) is 2.51. The number of hydrogen-bond donors (Lipinski definition) is 1. The molecule has 0 aliphatic carbocycles. The Bertz CT molecular complexity index is 635. The van der Waals surface area contributed by atoms with Crippen LogP contribution in [0.5, 0.6) is 0 Å². The molecule has 2 heterocycles. The Morgan fingerprint density at radius 3 is 2.71 bits per heavy atom. The van der Waals surface area contributed by atoms with Gasteiger partial charge in [0.2, 0.25) is 0 Å². The van der Waals surface area contributed by atoms with Crippen LogP contribution >= 0.6 is 11.6 Å². The van der Waals surface area contributed by atoms with Gasteiger partial charge < -0.3 is 10.5 Å². The summed E-state index contributed by atoms with van der Waals surface area (Å²) in [4.78, 5) is 2.35. The van der Waals surface area contributed by atoms with Crippen LogP contribution in [0, 0.1) is 0 Å². The average molecular weight is 307 g/mol. The second-order valence-corrected chi connectivity index (χ2v) is 5.67. The molecule has 0 atom stereocenters. The molecule has 1 aliphatic rings. The van der Waals surface area contributed by atoms with E-state index in [1.54, 1.807) is 10.9 Å². The van der Waals surface area contributed by atoms with Crippen LogP contribution in [-0.4, -0.2) is 41.0 Å². The van der Waals surface area contributed by atoms with Crippen molar-refractivity contribution in [3.8, 4) is 11.1 Å². The summed E-state index contributed by atoms with van der Waals surface area (Å²) in [6.07, 6.45) is 1.77. The van der Waals surface area contributed by atoms with E-state index in [-0.39, 0.29) is 0 Å². The molecule has 0 radical (unpaired) electrons. The highest BCUT2D eigenvalue weighted by Gasteiger charge is 2.14. The van der Waals surface area contributed by atoms with Gasteiger partial charge in [0.15, 0.2) is 0 Å². The van der Waals surface area contributed by atoms with E-state index >= 15 is 0 Å². The van der Waals surface area contributed by atoms with Gasteiger partial charge in [0.05, 0.1) is 19.4 Å². The Labute approximate surface area is 129 Å². The fraction of sp³-hybridized carbons (Fsp3) is 0.400. The smallest absolute Gasteiger partial charge is 0.129 e. The van der Waals surface area contributed by atoms with Crippen molar-refractivity contribution in [2.75, 3.05) is 32.0 Å². The number of benzene rings is 1. The van der Waals surface area contributed by atoms with E-state index in [1.807, 2.05) is 13.1 Å². The van der Waals surface area contributed by atoms with Crippen LogP contribution in [-0.2, 0) is 18.3 Å². The minimum atomic E-state index is 0.645. The van der Waals surface area contributed by atoms with Crippen molar-refractivity contribution in [1.29, 1.82) is 0 Å². The Morgan fingerprint density at radius 2 is 2.10 bits per heavy atom. The maximum atomic E-state index is 6.43. The molecule has 1 aliphatic heterocycles. The zero-order chi connectivity index (χ0) is 14.8. The third kappa shape index (κ3) is 3.05. The van der Waals surface area contributed by atoms with Crippen LogP contribution in [0.3, 0.4) is 0 Å². The summed E-state index contributed by atoms with van der Waals surface area (Å²) < 4.78 is 7.02. The summed E-state index contributed by atoms with van der Waals surface area (Å²) in [5.41, 5.74) is 9.05. The van der Waals surface area contributed by atoms with E-state index in [0.717, 1.165) is 54.6 Å². The molecule has 2 N–H and O–H groups in total. The van der Waals surface area contributed by atoms with Gasteiger partial charge in [0.25, 0.3) is 0 Å². The number of rotatable bonds is 3. The van der Waals surface area contributed by atoms with Crippen molar-refractivity contribution in [2.45, 2.75) is 6.54 Å². The molecule has 1 saturated heterocycles. The summed E-state index contributed by atoms with van der Waals surface area (Å²) in [6, 6.07) is 6.08. The van der Waals surface area contributed by atoms with E-state index in [9.17, 15) is 0 Å². The number of aryl methyl sites for hydroxylation is 1. The van der Waals surface area contributed by atoms with Gasteiger partial charge in [-0.25, -0.2) is 0 Å². The van der Waals surface area contributed by atoms with Gasteiger partial charge >= 0.3 is 0 Å². The molecular formula is C15H19ClN4O. The van der Waals surface area contributed by atoms with Crippen LogP contribution in [0.2, 0.25) is 5.02 Å². The summed E-state index contributed by atoms with van der Waals surface area (Å²) in [6.45, 7) is 4.34. The fourth-order valence-corrected chi connectivity index (χ4v) is 2.75. The van der Waals surface area contributed by atoms with Gasteiger partial charge in [-0.05, 0) is 17.2 Å². The van der Waals surface area contributed by atoms with Crippen LogP contribution in [0.15, 0.2) is 24.4 Å². The highest BCUT2D eigenvalue weighted by molar-refractivity contribution is 6.31. The van der Waals surface area contributed by atoms with Gasteiger partial charge in [-0.3, -0.25) is 9.58 Å². The molecule has 0 unspecified atom stereocenters. The van der Waals surface area contributed by atoms with Crippen LogP contribution in [0.1, 0.15) is 5.56 Å². The van der Waals surface area contributed by atoms with Gasteiger partial charge in [-0.1, -0.05) is 23.7 Å². The molecule has 112 valence electrons. The number of aromatic nitrogens is 2. The van der Waals surface area contributed by atoms with E-state index in [1.165, 1.54) is 0 Å². The molecule has 0 saturated carbocycles. The first-order valence-electron chi connectivity index (χ1n) is 7.01. The van der Waals surface area contributed by atoms with Gasteiger partial charge in [0, 0.05) is 37.3 Å². The Kier molecular flexibility index (Phi) is 4.14. The third-order valence-electron chi connectivity index (χ3n) is 3.85. The number of hydrogen-bond acceptors (Lipinski definition) is 4. The SMILES string of the molecule is Cn1ncc(-c2ccc(CN3CCOCC3)c(Cl)c2)c1N. The van der Waals surface area contributed by atoms with Crippen molar-refractivity contribution in [1.82, 2.24) is 14.7 Å². The molecular weight excluding hydrogens is 288 g/mol. The quantitative estimate of drug-likeness (QED) is 0.944. The van der Waals surface area contributed by atoms with Crippen LogP contribution in [0.25, 0.3) is 11.1 Å². The summed E-state index contributed by atoms with van der Waals surface area (Å²) in [5.74, 6) is 0.645. The lowest BCUT2D eigenvalue weighted by molar-refractivity contribution is 0.0342. The maximum absolute atomic E-state index is 6.43. The summed E-state index contributed by atoms with van der Waals surface area (Å²) in [5, 5.41) is 4.93. The number of morpholine rings is 1. The lowest BCUT2D eigenvalue weighted by Gasteiger charge is -2.27. The minimum Gasteiger partial charge on any atom is -0.383 e. The molecule has 0 bridgehead atoms. The number of nitrogens with two attached hydrogens (primary N) is 1. The van der Waals surface area contributed by atoms with E-state index in [4.69, 9.17) is 22.1 Å². The first-order chi connectivity index (χ1) is 10.1. The Balaban J connectivity index is 1.81. The minimum absolute atomic E-state index is 0.645. The van der Waals surface area contributed by atoms with Crippen molar-refractivity contribution in [2.24, 2.45) is 7.05 Å². The molecule has 2 aromatic rings. The van der Waals surface area contributed by atoms with Crippen molar-refractivity contribution < 1.29 is 4.74 Å². The van der Waals surface area contributed by atoms with E-state index in [2.05, 4.69) is 22.1 Å². The number of anilines is 1. The number of ether oxygens (including phenoxy) is 1. The molecule has 6 heteroatoms. The monoisotopic (exact) mass is 306 g/mol. The first-order valence-corrected chi connectivity index (χ1v) is 7.39. The molecule has 21 heavy (non-hydrogen) atoms. The normalized spacial score (nSPS) is 16.3. The molecule has 0 spiro atoms. The third-order valence-corrected chi connectivity index (χ3v) is 4.20. The first kappa shape index (κ1) is 14.4.